The van der Waals surface area contributed by atoms with E-state index in [0.29, 0.717) is 41.6 Å². The molecule has 1 saturated carbocycles. The lowest BCUT2D eigenvalue weighted by molar-refractivity contribution is -0.0502. The third-order valence-corrected chi connectivity index (χ3v) is 5.40. The van der Waals surface area contributed by atoms with Gasteiger partial charge < -0.3 is 14.2 Å². The van der Waals surface area contributed by atoms with Crippen molar-refractivity contribution in [1.82, 2.24) is 9.38 Å². The minimum absolute atomic E-state index is 0.0169. The number of alkyl halides is 2. The van der Waals surface area contributed by atoms with Gasteiger partial charge >= 0.3 is 6.61 Å². The summed E-state index contributed by atoms with van der Waals surface area (Å²) in [6, 6.07) is 6.75. The molecule has 1 aliphatic rings. The number of pyridine rings is 1. The first kappa shape index (κ1) is 23.0. The summed E-state index contributed by atoms with van der Waals surface area (Å²) in [7, 11) is 1.41. The SMILES string of the molecule is COc1cc(-c2cnc3cc(OCC(C)(C)C)ccn23)cc(OC(F)F)c1C(=O)CC1CC1. The zero-order valence-corrected chi connectivity index (χ0v) is 19.2. The van der Waals surface area contributed by atoms with Gasteiger partial charge in [-0.2, -0.15) is 8.78 Å². The number of carbonyl (C=O) groups is 1. The fraction of sp³-hybridized carbons (Fsp3) is 0.440. The number of nitrogens with zero attached hydrogens (tertiary/aromatic N) is 2. The number of imidazole rings is 1. The average Bonchev–Trinajstić information content (AvgIpc) is 3.45. The van der Waals surface area contributed by atoms with E-state index in [1.807, 2.05) is 22.7 Å². The molecule has 8 heteroatoms. The molecule has 0 radical (unpaired) electrons. The topological polar surface area (TPSA) is 62.1 Å². The highest BCUT2D eigenvalue weighted by atomic mass is 19.3. The summed E-state index contributed by atoms with van der Waals surface area (Å²) in [6.45, 7) is 3.75. The molecule has 2 heterocycles. The average molecular weight is 459 g/mol. The molecule has 2 aromatic heterocycles. The van der Waals surface area contributed by atoms with E-state index < -0.39 is 6.61 Å². The summed E-state index contributed by atoms with van der Waals surface area (Å²) in [5.41, 5.74) is 1.90. The molecule has 4 rings (SSSR count). The van der Waals surface area contributed by atoms with Crippen molar-refractivity contribution >= 4 is 11.4 Å². The third-order valence-electron chi connectivity index (χ3n) is 5.40. The van der Waals surface area contributed by atoms with Gasteiger partial charge in [0.15, 0.2) is 5.78 Å². The number of aromatic nitrogens is 2. The van der Waals surface area contributed by atoms with Crippen LogP contribution in [0.5, 0.6) is 17.2 Å². The van der Waals surface area contributed by atoms with E-state index in [-0.39, 0.29) is 28.3 Å². The first-order chi connectivity index (χ1) is 15.6. The van der Waals surface area contributed by atoms with Gasteiger partial charge in [-0.05, 0) is 42.4 Å². The molecule has 6 nitrogen and oxygen atoms in total. The summed E-state index contributed by atoms with van der Waals surface area (Å²) in [5.74, 6) is 0.749. The quantitative estimate of drug-likeness (QED) is 0.367. The van der Waals surface area contributed by atoms with E-state index in [1.165, 1.54) is 13.2 Å². The molecule has 1 fully saturated rings. The van der Waals surface area contributed by atoms with Crippen LogP contribution < -0.4 is 14.2 Å². The second kappa shape index (κ2) is 9.00. The summed E-state index contributed by atoms with van der Waals surface area (Å²) < 4.78 is 44.3. The highest BCUT2D eigenvalue weighted by Crippen LogP contribution is 2.40. The Labute approximate surface area is 191 Å². The highest BCUT2D eigenvalue weighted by Gasteiger charge is 2.29. The predicted molar refractivity (Wildman–Crippen MR) is 120 cm³/mol. The summed E-state index contributed by atoms with van der Waals surface area (Å²) in [4.78, 5) is 17.3. The van der Waals surface area contributed by atoms with Crippen molar-refractivity contribution in [3.05, 3.63) is 42.2 Å². The number of halogens is 2. The highest BCUT2D eigenvalue weighted by molar-refractivity contribution is 6.02. The molecule has 0 aliphatic heterocycles. The van der Waals surface area contributed by atoms with Gasteiger partial charge in [-0.25, -0.2) is 4.98 Å². The van der Waals surface area contributed by atoms with Crippen molar-refractivity contribution in [3.8, 4) is 28.5 Å². The largest absolute Gasteiger partial charge is 0.496 e. The van der Waals surface area contributed by atoms with Crippen LogP contribution in [0.3, 0.4) is 0 Å². The predicted octanol–water partition coefficient (Wildman–Crippen LogP) is 6.02. The number of hydrogen-bond donors (Lipinski definition) is 0. The Bertz CT molecular complexity index is 1160. The maximum atomic E-state index is 13.2. The molecular weight excluding hydrogens is 430 g/mol. The molecule has 0 amide bonds. The Hall–Kier alpha value is -3.16. The number of methoxy groups -OCH3 is 1. The van der Waals surface area contributed by atoms with E-state index in [0.717, 1.165) is 12.8 Å². The molecule has 0 N–H and O–H groups in total. The Morgan fingerprint density at radius 2 is 1.94 bits per heavy atom. The zero-order chi connectivity index (χ0) is 23.8. The van der Waals surface area contributed by atoms with Crippen LogP contribution in [0.25, 0.3) is 16.9 Å². The van der Waals surface area contributed by atoms with Crippen LogP contribution in [0, 0.1) is 11.3 Å². The van der Waals surface area contributed by atoms with Crippen molar-refractivity contribution in [3.63, 3.8) is 0 Å². The standard InChI is InChI=1S/C25H28F2N2O4/c1-25(2,3)14-32-17-7-8-29-18(13-28-22(29)12-17)16-10-20(31-4)23(19(30)9-15-5-6-15)21(11-16)33-24(26)27/h7-8,10-13,15,24H,5-6,9,14H2,1-4H3. The Kier molecular flexibility index (Phi) is 6.28. The summed E-state index contributed by atoms with van der Waals surface area (Å²) >= 11 is 0. The van der Waals surface area contributed by atoms with Crippen molar-refractivity contribution in [2.45, 2.75) is 46.6 Å². The van der Waals surface area contributed by atoms with Crippen LogP contribution in [-0.4, -0.2) is 35.5 Å². The molecule has 1 aromatic carbocycles. The molecule has 3 aromatic rings. The Balaban J connectivity index is 1.72. The maximum absolute atomic E-state index is 13.2. The van der Waals surface area contributed by atoms with Gasteiger partial charge in [0, 0.05) is 24.2 Å². The number of fused-ring (bicyclic) bond motifs is 1. The minimum Gasteiger partial charge on any atom is -0.496 e. The van der Waals surface area contributed by atoms with Gasteiger partial charge in [0.05, 0.1) is 25.6 Å². The van der Waals surface area contributed by atoms with Crippen molar-refractivity contribution in [1.29, 1.82) is 0 Å². The molecule has 0 spiro atoms. The van der Waals surface area contributed by atoms with Gasteiger partial charge in [-0.3, -0.25) is 9.20 Å². The first-order valence-electron chi connectivity index (χ1n) is 10.9. The number of ketones is 1. The number of ether oxygens (including phenoxy) is 3. The molecule has 0 saturated heterocycles. The molecular formula is C25H28F2N2O4. The first-order valence-corrected chi connectivity index (χ1v) is 10.9. The number of carbonyl (C=O) groups excluding carboxylic acids is 1. The van der Waals surface area contributed by atoms with Crippen molar-refractivity contribution in [2.24, 2.45) is 11.3 Å². The Morgan fingerprint density at radius 3 is 2.58 bits per heavy atom. The number of benzene rings is 1. The van der Waals surface area contributed by atoms with Gasteiger partial charge in [-0.15, -0.1) is 0 Å². The number of rotatable bonds is 9. The van der Waals surface area contributed by atoms with E-state index in [1.54, 1.807) is 12.3 Å². The third kappa shape index (κ3) is 5.43. The van der Waals surface area contributed by atoms with Gasteiger partial charge in [0.1, 0.15) is 28.5 Å². The molecule has 0 bridgehead atoms. The Morgan fingerprint density at radius 1 is 1.21 bits per heavy atom. The van der Waals surface area contributed by atoms with E-state index >= 15 is 0 Å². The fourth-order valence-electron chi connectivity index (χ4n) is 3.61. The molecule has 176 valence electrons. The zero-order valence-electron chi connectivity index (χ0n) is 19.2. The second-order valence-electron chi connectivity index (χ2n) is 9.58. The molecule has 1 aliphatic carbocycles. The fourth-order valence-corrected chi connectivity index (χ4v) is 3.61. The van der Waals surface area contributed by atoms with Crippen LogP contribution in [0.4, 0.5) is 8.78 Å². The van der Waals surface area contributed by atoms with E-state index in [2.05, 4.69) is 25.8 Å². The number of hydrogen-bond acceptors (Lipinski definition) is 5. The molecule has 0 atom stereocenters. The lowest BCUT2D eigenvalue weighted by Gasteiger charge is -2.19. The van der Waals surface area contributed by atoms with Crippen LogP contribution in [-0.2, 0) is 0 Å². The normalized spacial score (nSPS) is 14.0. The monoisotopic (exact) mass is 458 g/mol. The van der Waals surface area contributed by atoms with Crippen molar-refractivity contribution in [2.75, 3.05) is 13.7 Å². The lowest BCUT2D eigenvalue weighted by Crippen LogP contribution is -2.16. The van der Waals surface area contributed by atoms with Crippen LogP contribution in [0.2, 0.25) is 0 Å². The van der Waals surface area contributed by atoms with Crippen LogP contribution >= 0.6 is 0 Å². The molecule has 33 heavy (non-hydrogen) atoms. The number of Topliss-reactive ketones (excluding diaryl/α,β-unsaturated/α-hetero) is 1. The van der Waals surface area contributed by atoms with E-state index in [9.17, 15) is 13.6 Å². The summed E-state index contributed by atoms with van der Waals surface area (Å²) in [5, 5.41) is 0. The van der Waals surface area contributed by atoms with Gasteiger partial charge in [0.25, 0.3) is 0 Å². The second-order valence-corrected chi connectivity index (χ2v) is 9.58. The molecule has 0 unspecified atom stereocenters. The smallest absolute Gasteiger partial charge is 0.387 e. The van der Waals surface area contributed by atoms with Gasteiger partial charge in [0.2, 0.25) is 0 Å². The van der Waals surface area contributed by atoms with Crippen LogP contribution in [0.1, 0.15) is 50.4 Å². The minimum atomic E-state index is -3.07. The van der Waals surface area contributed by atoms with Crippen molar-refractivity contribution < 1.29 is 27.8 Å². The lowest BCUT2D eigenvalue weighted by atomic mass is 9.99. The maximum Gasteiger partial charge on any atom is 0.387 e. The van der Waals surface area contributed by atoms with Gasteiger partial charge in [-0.1, -0.05) is 20.8 Å². The van der Waals surface area contributed by atoms with Crippen LogP contribution in [0.15, 0.2) is 36.7 Å². The summed E-state index contributed by atoms with van der Waals surface area (Å²) in [6.07, 6.45) is 5.68. The van der Waals surface area contributed by atoms with E-state index in [4.69, 9.17) is 14.2 Å².